The van der Waals surface area contributed by atoms with Gasteiger partial charge in [0.05, 0.1) is 5.25 Å². The summed E-state index contributed by atoms with van der Waals surface area (Å²) in [5, 5.41) is 20.7. The van der Waals surface area contributed by atoms with Crippen LogP contribution in [0.5, 0.6) is 0 Å². The van der Waals surface area contributed by atoms with Crippen molar-refractivity contribution in [3.8, 4) is 11.4 Å². The number of anilines is 1. The van der Waals surface area contributed by atoms with Gasteiger partial charge in [0.2, 0.25) is 11.0 Å². The molecule has 0 spiro atoms. The first-order valence-electron chi connectivity index (χ1n) is 8.48. The van der Waals surface area contributed by atoms with Gasteiger partial charge < -0.3 is 4.57 Å². The van der Waals surface area contributed by atoms with E-state index in [-0.39, 0.29) is 17.0 Å². The first-order valence-corrected chi connectivity index (χ1v) is 10.2. The Kier molecular flexibility index (Phi) is 6.17. The lowest BCUT2D eigenvalue weighted by molar-refractivity contribution is -0.115. The number of halogens is 1. The molecule has 0 saturated heterocycles. The van der Waals surface area contributed by atoms with Gasteiger partial charge in [-0.15, -0.1) is 20.4 Å². The normalized spacial score (nSPS) is 12.1. The second-order valence-electron chi connectivity index (χ2n) is 5.69. The predicted octanol–water partition coefficient (Wildman–Crippen LogP) is 3.77. The minimum Gasteiger partial charge on any atom is -0.302 e. The van der Waals surface area contributed by atoms with Gasteiger partial charge in [-0.05, 0) is 44.5 Å². The van der Waals surface area contributed by atoms with Crippen LogP contribution in [-0.2, 0) is 11.3 Å². The summed E-state index contributed by atoms with van der Waals surface area (Å²) in [5.74, 6) is 0.202. The van der Waals surface area contributed by atoms with Crippen molar-refractivity contribution in [1.82, 2.24) is 25.0 Å². The molecule has 1 aromatic carbocycles. The Morgan fingerprint density at radius 2 is 1.96 bits per heavy atom. The SMILES string of the molecule is CC[C@H](Sc1nnc(-c2ccc(F)cc2)n1CC)C(=O)Nc1nnc(C)s1. The van der Waals surface area contributed by atoms with Crippen molar-refractivity contribution < 1.29 is 9.18 Å². The molecule has 3 rings (SSSR count). The maximum Gasteiger partial charge on any atom is 0.239 e. The van der Waals surface area contributed by atoms with Gasteiger partial charge >= 0.3 is 0 Å². The third kappa shape index (κ3) is 4.51. The van der Waals surface area contributed by atoms with Crippen LogP contribution >= 0.6 is 23.1 Å². The molecule has 0 unspecified atom stereocenters. The van der Waals surface area contributed by atoms with Gasteiger partial charge in [-0.1, -0.05) is 30.0 Å². The Morgan fingerprint density at radius 3 is 2.56 bits per heavy atom. The fourth-order valence-corrected chi connectivity index (χ4v) is 4.07. The van der Waals surface area contributed by atoms with E-state index >= 15 is 0 Å². The zero-order valence-corrected chi connectivity index (χ0v) is 16.8. The molecule has 10 heteroatoms. The third-order valence-corrected chi connectivity index (χ3v) is 5.90. The Balaban J connectivity index is 1.78. The Morgan fingerprint density at radius 1 is 1.22 bits per heavy atom. The fourth-order valence-electron chi connectivity index (χ4n) is 2.46. The highest BCUT2D eigenvalue weighted by molar-refractivity contribution is 8.00. The first-order chi connectivity index (χ1) is 13.0. The molecule has 0 aliphatic carbocycles. The molecule has 27 heavy (non-hydrogen) atoms. The molecule has 1 N–H and O–H groups in total. The zero-order valence-electron chi connectivity index (χ0n) is 15.1. The van der Waals surface area contributed by atoms with Crippen LogP contribution in [0.3, 0.4) is 0 Å². The Labute approximate surface area is 164 Å². The van der Waals surface area contributed by atoms with E-state index in [1.807, 2.05) is 25.3 Å². The molecule has 0 aliphatic heterocycles. The van der Waals surface area contributed by atoms with Crippen LogP contribution in [0.15, 0.2) is 29.4 Å². The lowest BCUT2D eigenvalue weighted by Gasteiger charge is -2.14. The summed E-state index contributed by atoms with van der Waals surface area (Å²) in [6.45, 7) is 6.39. The minimum atomic E-state index is -0.343. The largest absolute Gasteiger partial charge is 0.302 e. The topological polar surface area (TPSA) is 85.6 Å². The monoisotopic (exact) mass is 406 g/mol. The number of benzene rings is 1. The van der Waals surface area contributed by atoms with E-state index < -0.39 is 0 Å². The van der Waals surface area contributed by atoms with E-state index in [0.717, 1.165) is 10.6 Å². The number of thioether (sulfide) groups is 1. The molecule has 0 aliphatic rings. The molecule has 0 bridgehead atoms. The lowest BCUT2D eigenvalue weighted by atomic mass is 10.2. The van der Waals surface area contributed by atoms with Crippen molar-refractivity contribution >= 4 is 34.1 Å². The molecule has 3 aromatic rings. The average Bonchev–Trinajstić information content (AvgIpc) is 3.25. The van der Waals surface area contributed by atoms with Crippen molar-refractivity contribution in [2.45, 2.75) is 44.1 Å². The summed E-state index contributed by atoms with van der Waals surface area (Å²) < 4.78 is 15.1. The van der Waals surface area contributed by atoms with Crippen molar-refractivity contribution in [2.75, 3.05) is 5.32 Å². The number of carbonyl (C=O) groups excluding carboxylic acids is 1. The number of carbonyl (C=O) groups is 1. The summed E-state index contributed by atoms with van der Waals surface area (Å²) >= 11 is 2.69. The molecule has 2 aromatic heterocycles. The van der Waals surface area contributed by atoms with E-state index in [1.165, 1.54) is 35.2 Å². The van der Waals surface area contributed by atoms with E-state index in [4.69, 9.17) is 0 Å². The van der Waals surface area contributed by atoms with Crippen molar-refractivity contribution in [3.63, 3.8) is 0 Å². The molecule has 0 radical (unpaired) electrons. The summed E-state index contributed by atoms with van der Waals surface area (Å²) in [6.07, 6.45) is 0.622. The standard InChI is InChI=1S/C17H19FN6OS2/c1-4-13(15(25)19-16-22-20-10(3)26-16)27-17-23-21-14(24(17)5-2)11-6-8-12(18)9-7-11/h6-9,13H,4-5H2,1-3H3,(H,19,22,25)/t13-/m0/s1. The van der Waals surface area contributed by atoms with Crippen LogP contribution in [0.1, 0.15) is 25.3 Å². The van der Waals surface area contributed by atoms with E-state index in [9.17, 15) is 9.18 Å². The van der Waals surface area contributed by atoms with Gasteiger partial charge in [0.15, 0.2) is 11.0 Å². The molecule has 0 saturated carbocycles. The smallest absolute Gasteiger partial charge is 0.239 e. The number of rotatable bonds is 7. The number of nitrogens with one attached hydrogen (secondary N) is 1. The molecular formula is C17H19FN6OS2. The van der Waals surface area contributed by atoms with Gasteiger partial charge in [-0.3, -0.25) is 10.1 Å². The van der Waals surface area contributed by atoms with Gasteiger partial charge in [0, 0.05) is 12.1 Å². The second-order valence-corrected chi connectivity index (χ2v) is 8.04. The van der Waals surface area contributed by atoms with Crippen molar-refractivity contribution in [2.24, 2.45) is 0 Å². The Hall–Kier alpha value is -2.33. The average molecular weight is 407 g/mol. The second kappa shape index (κ2) is 8.57. The van der Waals surface area contributed by atoms with Gasteiger partial charge in [0.1, 0.15) is 10.8 Å². The fraction of sp³-hybridized carbons (Fsp3) is 0.353. The third-order valence-electron chi connectivity index (χ3n) is 3.80. The van der Waals surface area contributed by atoms with E-state index in [2.05, 4.69) is 25.7 Å². The summed E-state index contributed by atoms with van der Waals surface area (Å²) in [6, 6.07) is 6.12. The summed E-state index contributed by atoms with van der Waals surface area (Å²) in [4.78, 5) is 12.6. The highest BCUT2D eigenvalue weighted by atomic mass is 32.2. The van der Waals surface area contributed by atoms with Gasteiger partial charge in [-0.25, -0.2) is 4.39 Å². The van der Waals surface area contributed by atoms with E-state index in [1.54, 1.807) is 12.1 Å². The number of amides is 1. The van der Waals surface area contributed by atoms with Crippen LogP contribution in [0.2, 0.25) is 0 Å². The van der Waals surface area contributed by atoms with Crippen LogP contribution < -0.4 is 5.32 Å². The predicted molar refractivity (Wildman–Crippen MR) is 104 cm³/mol. The maximum absolute atomic E-state index is 13.2. The first kappa shape index (κ1) is 19.4. The van der Waals surface area contributed by atoms with Gasteiger partial charge in [-0.2, -0.15) is 0 Å². The van der Waals surface area contributed by atoms with Crippen LogP contribution in [0.25, 0.3) is 11.4 Å². The number of hydrogen-bond acceptors (Lipinski definition) is 7. The molecule has 0 fully saturated rings. The van der Waals surface area contributed by atoms with Crippen LogP contribution in [-0.4, -0.2) is 36.1 Å². The number of aryl methyl sites for hydroxylation is 1. The maximum atomic E-state index is 13.2. The van der Waals surface area contributed by atoms with Crippen molar-refractivity contribution in [1.29, 1.82) is 0 Å². The quantitative estimate of drug-likeness (QED) is 0.601. The summed E-state index contributed by atoms with van der Waals surface area (Å²) in [5.41, 5.74) is 0.777. The minimum absolute atomic E-state index is 0.146. The number of aromatic nitrogens is 5. The molecule has 1 atom stereocenters. The zero-order chi connectivity index (χ0) is 19.4. The highest BCUT2D eigenvalue weighted by Gasteiger charge is 2.23. The number of hydrogen-bond donors (Lipinski definition) is 1. The molecule has 142 valence electrons. The van der Waals surface area contributed by atoms with Crippen molar-refractivity contribution in [3.05, 3.63) is 35.1 Å². The van der Waals surface area contributed by atoms with Crippen LogP contribution in [0, 0.1) is 12.7 Å². The molecule has 1 amide bonds. The lowest BCUT2D eigenvalue weighted by Crippen LogP contribution is -2.25. The number of nitrogens with zero attached hydrogens (tertiary/aromatic N) is 5. The Bertz CT molecular complexity index is 924. The van der Waals surface area contributed by atoms with E-state index in [0.29, 0.717) is 29.1 Å². The summed E-state index contributed by atoms with van der Waals surface area (Å²) in [7, 11) is 0. The highest BCUT2D eigenvalue weighted by Crippen LogP contribution is 2.29. The van der Waals surface area contributed by atoms with Gasteiger partial charge in [0.25, 0.3) is 0 Å². The molecule has 2 heterocycles. The molecular weight excluding hydrogens is 387 g/mol. The molecule has 7 nitrogen and oxygen atoms in total. The van der Waals surface area contributed by atoms with Crippen LogP contribution in [0.4, 0.5) is 9.52 Å².